The molecule has 0 aliphatic carbocycles. The number of halogens is 6. The van der Waals surface area contributed by atoms with Gasteiger partial charge in [-0.15, -0.1) is 0 Å². The fourth-order valence-electron chi connectivity index (χ4n) is 3.62. The van der Waals surface area contributed by atoms with Crippen LogP contribution in [0.4, 0.5) is 37.8 Å². The molecule has 0 amide bonds. The van der Waals surface area contributed by atoms with Gasteiger partial charge >= 0.3 is 12.4 Å². The third kappa shape index (κ3) is 6.20. The molecule has 38 heavy (non-hydrogen) atoms. The van der Waals surface area contributed by atoms with Crippen molar-refractivity contribution in [2.24, 2.45) is 0 Å². The van der Waals surface area contributed by atoms with E-state index in [4.69, 9.17) is 0 Å². The summed E-state index contributed by atoms with van der Waals surface area (Å²) >= 11 is 0. The summed E-state index contributed by atoms with van der Waals surface area (Å²) in [6, 6.07) is 10.9. The van der Waals surface area contributed by atoms with Gasteiger partial charge in [-0.25, -0.2) is 9.97 Å². The second-order valence-corrected chi connectivity index (χ2v) is 9.21. The van der Waals surface area contributed by atoms with Crippen LogP contribution in [0.15, 0.2) is 60.8 Å². The maximum Gasteiger partial charge on any atom is 0.418 e. The molecule has 6 nitrogen and oxygen atoms in total. The Morgan fingerprint density at radius 3 is 2.21 bits per heavy atom. The second-order valence-electron chi connectivity index (χ2n) is 9.21. The van der Waals surface area contributed by atoms with Crippen molar-refractivity contribution in [2.45, 2.75) is 38.3 Å². The van der Waals surface area contributed by atoms with Crippen molar-refractivity contribution in [3.8, 4) is 11.3 Å². The summed E-state index contributed by atoms with van der Waals surface area (Å²) in [6.07, 6.45) is -7.85. The highest BCUT2D eigenvalue weighted by atomic mass is 19.4. The number of alkyl halides is 6. The molecular formula is C26H23F6N5O. The van der Waals surface area contributed by atoms with Crippen molar-refractivity contribution < 1.29 is 31.4 Å². The lowest BCUT2D eigenvalue weighted by atomic mass is 10.0. The number of fused-ring (bicyclic) bond motifs is 1. The number of pyridine rings is 1. The summed E-state index contributed by atoms with van der Waals surface area (Å²) in [5.74, 6) is 0.500. The van der Waals surface area contributed by atoms with E-state index in [9.17, 15) is 31.4 Å². The molecule has 0 aliphatic rings. The van der Waals surface area contributed by atoms with Crippen LogP contribution in [0.25, 0.3) is 22.2 Å². The van der Waals surface area contributed by atoms with Gasteiger partial charge in [0.2, 0.25) is 0 Å². The van der Waals surface area contributed by atoms with Crippen LogP contribution in [0, 0.1) is 0 Å². The Morgan fingerprint density at radius 2 is 1.58 bits per heavy atom. The Kier molecular flexibility index (Phi) is 7.31. The van der Waals surface area contributed by atoms with Crippen molar-refractivity contribution in [3.63, 3.8) is 0 Å². The number of aliphatic hydroxyl groups is 1. The smallest absolute Gasteiger partial charge is 0.394 e. The standard InChI is InChI=1S/C26H23F6N5O/c1-24(2,14-38)34-13-21-36-20-12-15(22-19(26(30,31)32)4-3-11-33-22)5-10-18(20)23(37-21)35-17-8-6-16(7-9-17)25(27,28)29/h3-12,34,38H,13-14H2,1-2H3,(H,35,36,37). The average molecular weight is 535 g/mol. The molecule has 4 rings (SSSR count). The van der Waals surface area contributed by atoms with E-state index in [1.54, 1.807) is 13.8 Å². The van der Waals surface area contributed by atoms with Crippen LogP contribution in [-0.2, 0) is 18.9 Å². The molecule has 0 unspecified atom stereocenters. The first kappa shape index (κ1) is 27.3. The van der Waals surface area contributed by atoms with Gasteiger partial charge in [0.1, 0.15) is 11.6 Å². The van der Waals surface area contributed by atoms with Crippen molar-refractivity contribution in [1.29, 1.82) is 0 Å². The molecule has 0 spiro atoms. The van der Waals surface area contributed by atoms with Crippen LogP contribution >= 0.6 is 0 Å². The van der Waals surface area contributed by atoms with Crippen LogP contribution in [0.2, 0.25) is 0 Å². The molecule has 4 aromatic rings. The Balaban J connectivity index is 1.79. The van der Waals surface area contributed by atoms with Crippen LogP contribution in [-0.4, -0.2) is 32.2 Å². The fourth-order valence-corrected chi connectivity index (χ4v) is 3.62. The number of aliphatic hydroxyl groups excluding tert-OH is 1. The Hall–Kier alpha value is -3.77. The quantitative estimate of drug-likeness (QED) is 0.240. The van der Waals surface area contributed by atoms with Crippen LogP contribution < -0.4 is 10.6 Å². The summed E-state index contributed by atoms with van der Waals surface area (Å²) in [6.45, 7) is 3.44. The highest BCUT2D eigenvalue weighted by molar-refractivity contribution is 5.93. The minimum absolute atomic E-state index is 0.104. The third-order valence-electron chi connectivity index (χ3n) is 5.73. The van der Waals surface area contributed by atoms with E-state index in [0.717, 1.165) is 18.2 Å². The van der Waals surface area contributed by atoms with Gasteiger partial charge in [-0.1, -0.05) is 6.07 Å². The molecule has 200 valence electrons. The predicted octanol–water partition coefficient (Wildman–Crippen LogP) is 6.33. The lowest BCUT2D eigenvalue weighted by molar-refractivity contribution is -0.138. The van der Waals surface area contributed by atoms with E-state index in [-0.39, 0.29) is 36.1 Å². The zero-order valence-corrected chi connectivity index (χ0v) is 20.2. The highest BCUT2D eigenvalue weighted by Crippen LogP contribution is 2.37. The van der Waals surface area contributed by atoms with Gasteiger partial charge < -0.3 is 15.7 Å². The fraction of sp³-hybridized carbons (Fsp3) is 0.269. The zero-order valence-electron chi connectivity index (χ0n) is 20.2. The maximum absolute atomic E-state index is 13.6. The number of benzene rings is 2. The van der Waals surface area contributed by atoms with E-state index >= 15 is 0 Å². The van der Waals surface area contributed by atoms with E-state index in [1.807, 2.05) is 0 Å². The number of hydrogen-bond donors (Lipinski definition) is 3. The van der Waals surface area contributed by atoms with Crippen molar-refractivity contribution in [2.75, 3.05) is 11.9 Å². The van der Waals surface area contributed by atoms with E-state index in [1.165, 1.54) is 42.6 Å². The van der Waals surface area contributed by atoms with Crippen molar-refractivity contribution in [1.82, 2.24) is 20.3 Å². The monoisotopic (exact) mass is 535 g/mol. The predicted molar refractivity (Wildman–Crippen MR) is 131 cm³/mol. The molecule has 0 aliphatic heterocycles. The minimum atomic E-state index is -4.62. The van der Waals surface area contributed by atoms with Gasteiger partial charge in [-0.2, -0.15) is 26.3 Å². The average Bonchev–Trinajstić information content (AvgIpc) is 2.86. The summed E-state index contributed by atoms with van der Waals surface area (Å²) in [7, 11) is 0. The first-order valence-electron chi connectivity index (χ1n) is 11.4. The molecule has 3 N–H and O–H groups in total. The number of rotatable bonds is 7. The highest BCUT2D eigenvalue weighted by Gasteiger charge is 2.34. The number of anilines is 2. The molecule has 2 aromatic carbocycles. The number of aromatic nitrogens is 3. The molecule has 0 saturated carbocycles. The van der Waals surface area contributed by atoms with Gasteiger partial charge in [0.25, 0.3) is 0 Å². The first-order valence-corrected chi connectivity index (χ1v) is 11.4. The van der Waals surface area contributed by atoms with Crippen molar-refractivity contribution in [3.05, 3.63) is 77.7 Å². The number of nitrogens with one attached hydrogen (secondary N) is 2. The maximum atomic E-state index is 13.6. The normalized spacial score (nSPS) is 12.7. The molecule has 2 aromatic heterocycles. The summed E-state index contributed by atoms with van der Waals surface area (Å²) < 4.78 is 79.6. The SMILES string of the molecule is CC(C)(CO)NCc1nc(Nc2ccc(C(F)(F)F)cc2)c2ccc(-c3ncccc3C(F)(F)F)cc2n1. The number of nitrogens with zero attached hydrogens (tertiary/aromatic N) is 3. The van der Waals surface area contributed by atoms with Gasteiger partial charge in [0.15, 0.2) is 0 Å². The Labute approximate surface area is 213 Å². The molecule has 12 heteroatoms. The van der Waals surface area contributed by atoms with Gasteiger partial charge in [-0.05, 0) is 62.4 Å². The topological polar surface area (TPSA) is 83.0 Å². The third-order valence-corrected chi connectivity index (χ3v) is 5.73. The largest absolute Gasteiger partial charge is 0.418 e. The van der Waals surface area contributed by atoms with Crippen molar-refractivity contribution >= 4 is 22.4 Å². The molecule has 0 fully saturated rings. The minimum Gasteiger partial charge on any atom is -0.394 e. The Morgan fingerprint density at radius 1 is 0.868 bits per heavy atom. The number of hydrogen-bond acceptors (Lipinski definition) is 6. The van der Waals surface area contributed by atoms with E-state index < -0.39 is 29.0 Å². The van der Waals surface area contributed by atoms with Crippen LogP contribution in [0.5, 0.6) is 0 Å². The van der Waals surface area contributed by atoms with E-state index in [0.29, 0.717) is 16.6 Å². The molecule has 0 radical (unpaired) electrons. The molecular weight excluding hydrogens is 512 g/mol. The Bertz CT molecular complexity index is 1440. The lowest BCUT2D eigenvalue weighted by Crippen LogP contribution is -2.42. The molecule has 0 bridgehead atoms. The van der Waals surface area contributed by atoms with E-state index in [2.05, 4.69) is 25.6 Å². The van der Waals surface area contributed by atoms with Gasteiger partial charge in [-0.3, -0.25) is 4.98 Å². The lowest BCUT2D eigenvalue weighted by Gasteiger charge is -2.23. The first-order chi connectivity index (χ1) is 17.8. The molecule has 0 atom stereocenters. The van der Waals surface area contributed by atoms with Crippen LogP contribution in [0.1, 0.15) is 30.8 Å². The second kappa shape index (κ2) is 10.2. The summed E-state index contributed by atoms with van der Waals surface area (Å²) in [5, 5.41) is 16.0. The van der Waals surface area contributed by atoms with Gasteiger partial charge in [0.05, 0.1) is 35.5 Å². The zero-order chi connectivity index (χ0) is 27.7. The van der Waals surface area contributed by atoms with Crippen LogP contribution in [0.3, 0.4) is 0 Å². The van der Waals surface area contributed by atoms with Gasteiger partial charge in [0, 0.05) is 28.4 Å². The summed E-state index contributed by atoms with van der Waals surface area (Å²) in [5.41, 5.74) is -1.85. The summed E-state index contributed by atoms with van der Waals surface area (Å²) in [4.78, 5) is 12.9. The molecule has 2 heterocycles. The molecule has 0 saturated heterocycles.